The normalized spacial score (nSPS) is 41.9. The fraction of sp³-hybridized carbons (Fsp3) is 0.810. The van der Waals surface area contributed by atoms with Crippen LogP contribution in [0.15, 0.2) is 0 Å². The van der Waals surface area contributed by atoms with Gasteiger partial charge in [-0.05, 0) is 42.4 Å². The highest BCUT2D eigenvalue weighted by Gasteiger charge is 2.69. The Balaban J connectivity index is 1.59. The fourth-order valence-corrected chi connectivity index (χ4v) is 5.90. The largest absolute Gasteiger partial charge is 0.356 e. The van der Waals surface area contributed by atoms with Gasteiger partial charge in [-0.2, -0.15) is 5.26 Å². The van der Waals surface area contributed by atoms with Crippen LogP contribution in [0.3, 0.4) is 0 Å². The first-order chi connectivity index (χ1) is 13.8. The van der Waals surface area contributed by atoms with Crippen molar-refractivity contribution in [2.45, 2.75) is 64.1 Å². The highest BCUT2D eigenvalue weighted by molar-refractivity contribution is 5.92. The van der Waals surface area contributed by atoms with E-state index in [2.05, 4.69) is 30.6 Å². The molecule has 0 aromatic carbocycles. The second-order valence-electron chi connectivity index (χ2n) is 9.82. The van der Waals surface area contributed by atoms with Gasteiger partial charge in [0.15, 0.2) is 0 Å². The molecule has 4 N–H and O–H groups in total. The maximum absolute atomic E-state index is 13.2. The first kappa shape index (κ1) is 20.1. The van der Waals surface area contributed by atoms with Gasteiger partial charge in [-0.25, -0.2) is 0 Å². The van der Waals surface area contributed by atoms with E-state index in [1.165, 1.54) is 0 Å². The van der Waals surface area contributed by atoms with E-state index in [1.54, 1.807) is 4.90 Å². The molecule has 0 radical (unpaired) electrons. The average molecular weight is 402 g/mol. The number of carbonyl (C=O) groups is 3. The molecular weight excluding hydrogens is 370 g/mol. The zero-order chi connectivity index (χ0) is 20.9. The Hall–Kier alpha value is -2.14. The third kappa shape index (κ3) is 3.39. The molecule has 0 aromatic rings. The first-order valence-electron chi connectivity index (χ1n) is 10.8. The molecule has 158 valence electrons. The van der Waals surface area contributed by atoms with E-state index in [0.717, 1.165) is 19.3 Å². The minimum absolute atomic E-state index is 0.00684. The lowest BCUT2D eigenvalue weighted by atomic mass is 9.85. The molecule has 3 aliphatic heterocycles. The van der Waals surface area contributed by atoms with Crippen molar-refractivity contribution < 1.29 is 14.4 Å². The van der Waals surface area contributed by atoms with E-state index in [0.29, 0.717) is 25.9 Å². The van der Waals surface area contributed by atoms with Gasteiger partial charge in [-0.1, -0.05) is 26.7 Å². The Morgan fingerprint density at radius 3 is 2.62 bits per heavy atom. The molecule has 0 spiro atoms. The Morgan fingerprint density at radius 1 is 1.17 bits per heavy atom. The van der Waals surface area contributed by atoms with Crippen LogP contribution >= 0.6 is 0 Å². The summed E-state index contributed by atoms with van der Waals surface area (Å²) in [6, 6.07) is 0.220. The number of nitrogens with zero attached hydrogens (tertiary/aromatic N) is 2. The Kier molecular flexibility index (Phi) is 5.06. The number of fused-ring (bicyclic) bond motifs is 4. The van der Waals surface area contributed by atoms with E-state index in [1.807, 2.05) is 0 Å². The number of nitrogens with one attached hydrogen (secondary N) is 2. The third-order valence-electron chi connectivity index (χ3n) is 7.82. The van der Waals surface area contributed by atoms with Crippen molar-refractivity contribution in [2.24, 2.45) is 34.8 Å². The van der Waals surface area contributed by atoms with Gasteiger partial charge < -0.3 is 21.3 Å². The first-order valence-corrected chi connectivity index (χ1v) is 10.8. The molecule has 1 aliphatic carbocycles. The molecular formula is C21H31N5O3. The van der Waals surface area contributed by atoms with Crippen LogP contribution < -0.4 is 16.4 Å². The van der Waals surface area contributed by atoms with Crippen LogP contribution in [0.1, 0.15) is 46.0 Å². The minimum Gasteiger partial charge on any atom is -0.356 e. The molecule has 3 heterocycles. The standard InChI is InChI=1S/C21H31N5O3/c1-21(2)14-10-26-17(16(14)21)19(28)25-12(8-22)7-13-11(9-24-18(13)27)5-3-4-6-15(23)20(26)29/h11-17H,3-7,9-10,23H2,1-2H3,(H,24,27)(H,25,28)/t11-,12-,13?,14-,15-,16-,17-/m0/s1. The molecule has 3 saturated heterocycles. The van der Waals surface area contributed by atoms with Gasteiger partial charge in [0.2, 0.25) is 17.7 Å². The van der Waals surface area contributed by atoms with Crippen molar-refractivity contribution in [3.63, 3.8) is 0 Å². The lowest BCUT2D eigenvalue weighted by Crippen LogP contribution is -2.55. The molecule has 4 rings (SSSR count). The van der Waals surface area contributed by atoms with Crippen LogP contribution in [0.4, 0.5) is 0 Å². The van der Waals surface area contributed by atoms with E-state index in [4.69, 9.17) is 5.73 Å². The maximum atomic E-state index is 13.2. The van der Waals surface area contributed by atoms with Gasteiger partial charge in [0.1, 0.15) is 12.1 Å². The van der Waals surface area contributed by atoms with Crippen LogP contribution in [0, 0.1) is 40.4 Å². The minimum atomic E-state index is -0.742. The number of nitriles is 1. The summed E-state index contributed by atoms with van der Waals surface area (Å²) in [7, 11) is 0. The second kappa shape index (κ2) is 7.28. The summed E-state index contributed by atoms with van der Waals surface area (Å²) in [5.41, 5.74) is 6.20. The van der Waals surface area contributed by atoms with Gasteiger partial charge in [0.05, 0.1) is 12.1 Å². The molecule has 0 bridgehead atoms. The molecule has 29 heavy (non-hydrogen) atoms. The Morgan fingerprint density at radius 2 is 1.90 bits per heavy atom. The van der Waals surface area contributed by atoms with Gasteiger partial charge >= 0.3 is 0 Å². The summed E-state index contributed by atoms with van der Waals surface area (Å²) in [5.74, 6) is -0.210. The highest BCUT2D eigenvalue weighted by Crippen LogP contribution is 2.64. The quantitative estimate of drug-likeness (QED) is 0.531. The molecule has 7 atom stereocenters. The molecule has 1 saturated carbocycles. The Bertz CT molecular complexity index is 760. The van der Waals surface area contributed by atoms with Crippen molar-refractivity contribution in [3.8, 4) is 6.07 Å². The lowest BCUT2D eigenvalue weighted by molar-refractivity contribution is -0.141. The fourth-order valence-electron chi connectivity index (χ4n) is 5.90. The number of rotatable bonds is 0. The van der Waals surface area contributed by atoms with Crippen molar-refractivity contribution in [2.75, 3.05) is 13.1 Å². The molecule has 4 fully saturated rings. The topological polar surface area (TPSA) is 128 Å². The average Bonchev–Trinajstić information content (AvgIpc) is 3.02. The van der Waals surface area contributed by atoms with Gasteiger partial charge in [-0.3, -0.25) is 14.4 Å². The molecule has 8 nitrogen and oxygen atoms in total. The highest BCUT2D eigenvalue weighted by atomic mass is 16.2. The number of piperidine rings is 1. The van der Waals surface area contributed by atoms with Crippen molar-refractivity contribution in [1.82, 2.24) is 15.5 Å². The van der Waals surface area contributed by atoms with Crippen molar-refractivity contribution >= 4 is 17.7 Å². The smallest absolute Gasteiger partial charge is 0.244 e. The second-order valence-corrected chi connectivity index (χ2v) is 9.82. The molecule has 3 amide bonds. The lowest BCUT2D eigenvalue weighted by Gasteiger charge is -2.33. The summed E-state index contributed by atoms with van der Waals surface area (Å²) in [4.78, 5) is 40.1. The van der Waals surface area contributed by atoms with Gasteiger partial charge in [0, 0.05) is 19.0 Å². The summed E-state index contributed by atoms with van der Waals surface area (Å²) in [5, 5.41) is 15.4. The van der Waals surface area contributed by atoms with Crippen LogP contribution in [0.2, 0.25) is 0 Å². The van der Waals surface area contributed by atoms with E-state index in [-0.39, 0.29) is 46.8 Å². The van der Waals surface area contributed by atoms with Crippen molar-refractivity contribution in [3.05, 3.63) is 0 Å². The third-order valence-corrected chi connectivity index (χ3v) is 7.82. The molecule has 1 unspecified atom stereocenters. The number of carbonyl (C=O) groups excluding carboxylic acids is 3. The van der Waals surface area contributed by atoms with Crippen LogP contribution in [0.25, 0.3) is 0 Å². The van der Waals surface area contributed by atoms with E-state index >= 15 is 0 Å². The number of hydrogen-bond donors (Lipinski definition) is 3. The predicted octanol–water partition coefficient (Wildman–Crippen LogP) is 0.131. The molecule has 4 aliphatic rings. The number of amides is 3. The zero-order valence-corrected chi connectivity index (χ0v) is 17.2. The van der Waals surface area contributed by atoms with Gasteiger partial charge in [-0.15, -0.1) is 0 Å². The summed E-state index contributed by atoms with van der Waals surface area (Å²) in [6.07, 6.45) is 3.46. The number of nitrogens with two attached hydrogens (primary N) is 1. The molecule has 0 aromatic heterocycles. The predicted molar refractivity (Wildman–Crippen MR) is 105 cm³/mol. The monoisotopic (exact) mass is 401 g/mol. The summed E-state index contributed by atoms with van der Waals surface area (Å²) < 4.78 is 0. The SMILES string of the molecule is CC1(C)[C@@H]2[C@H]3C(=O)N[C@H](C#N)CC4C(=O)NC[C@@H]4CCCC[C@H](N)C(=O)N3C[C@@H]21. The van der Waals surface area contributed by atoms with E-state index < -0.39 is 18.1 Å². The zero-order valence-electron chi connectivity index (χ0n) is 17.2. The van der Waals surface area contributed by atoms with Crippen LogP contribution in [0.5, 0.6) is 0 Å². The summed E-state index contributed by atoms with van der Waals surface area (Å²) >= 11 is 0. The number of hydrogen-bond acceptors (Lipinski definition) is 5. The van der Waals surface area contributed by atoms with E-state index in [9.17, 15) is 19.6 Å². The maximum Gasteiger partial charge on any atom is 0.244 e. The van der Waals surface area contributed by atoms with Crippen LogP contribution in [-0.2, 0) is 14.4 Å². The van der Waals surface area contributed by atoms with Gasteiger partial charge in [0.25, 0.3) is 0 Å². The summed E-state index contributed by atoms with van der Waals surface area (Å²) in [6.45, 7) is 5.40. The Labute approximate surface area is 171 Å². The van der Waals surface area contributed by atoms with Crippen LogP contribution in [-0.4, -0.2) is 53.8 Å². The molecule has 8 heteroatoms. The van der Waals surface area contributed by atoms with Crippen molar-refractivity contribution in [1.29, 1.82) is 5.26 Å².